The van der Waals surface area contributed by atoms with E-state index >= 15 is 0 Å². The highest BCUT2D eigenvalue weighted by atomic mass is 19.4. The quantitative estimate of drug-likeness (QED) is 0.776. The zero-order valence-electron chi connectivity index (χ0n) is 15.6. The van der Waals surface area contributed by atoms with E-state index < -0.39 is 23.4 Å². The highest BCUT2D eigenvalue weighted by Crippen LogP contribution is 2.36. The third-order valence-electron chi connectivity index (χ3n) is 5.35. The van der Waals surface area contributed by atoms with Gasteiger partial charge in [0.15, 0.2) is 0 Å². The molecule has 152 valence electrons. The minimum absolute atomic E-state index is 0.122. The fraction of sp³-hybridized carbons (Fsp3) is 0.333. The molecular formula is C21H20F3N3O2. The number of benzene rings is 2. The molecule has 1 N–H and O–H groups in total. The average Bonchev–Trinajstić information content (AvgIpc) is 3.12. The van der Waals surface area contributed by atoms with Crippen LogP contribution in [0.15, 0.2) is 59.8 Å². The summed E-state index contributed by atoms with van der Waals surface area (Å²) in [6, 6.07) is 14.0. The van der Waals surface area contributed by atoms with Crippen molar-refractivity contribution in [2.45, 2.75) is 31.0 Å². The number of carbonyl (C=O) groups is 1. The monoisotopic (exact) mass is 403 g/mol. The van der Waals surface area contributed by atoms with Gasteiger partial charge in [0.2, 0.25) is 0 Å². The van der Waals surface area contributed by atoms with Crippen molar-refractivity contribution in [3.05, 3.63) is 65.7 Å². The standard InChI is InChI=1S/C21H20F3N3O2/c22-21(23,24)16-7-4-8-17(13-16)25-19(28)27-11-9-20(10-12-27)14-18(26-29-20)15-5-2-1-3-6-15/h1-8,13H,9-12,14H2,(H,25,28). The molecule has 2 heterocycles. The van der Waals surface area contributed by atoms with Gasteiger partial charge in [0.25, 0.3) is 0 Å². The maximum atomic E-state index is 12.8. The molecule has 2 aliphatic heterocycles. The number of likely N-dealkylation sites (tertiary alicyclic amines) is 1. The Morgan fingerprint density at radius 3 is 2.48 bits per heavy atom. The summed E-state index contributed by atoms with van der Waals surface area (Å²) in [5.41, 5.74) is 0.828. The zero-order chi connectivity index (χ0) is 20.5. The minimum Gasteiger partial charge on any atom is -0.388 e. The molecule has 8 heteroatoms. The molecule has 5 nitrogen and oxygen atoms in total. The van der Waals surface area contributed by atoms with Crippen molar-refractivity contribution in [3.63, 3.8) is 0 Å². The van der Waals surface area contributed by atoms with Gasteiger partial charge in [0.05, 0.1) is 11.3 Å². The Morgan fingerprint density at radius 2 is 1.79 bits per heavy atom. The van der Waals surface area contributed by atoms with Gasteiger partial charge in [-0.05, 0) is 23.8 Å². The molecule has 0 bridgehead atoms. The molecular weight excluding hydrogens is 383 g/mol. The SMILES string of the molecule is O=C(Nc1cccc(C(F)(F)F)c1)N1CCC2(CC1)CC(c1ccccc1)=NO2. The lowest BCUT2D eigenvalue weighted by Crippen LogP contribution is -2.48. The molecule has 4 rings (SSSR count). The van der Waals surface area contributed by atoms with Crippen LogP contribution in [0.2, 0.25) is 0 Å². The number of urea groups is 1. The summed E-state index contributed by atoms with van der Waals surface area (Å²) in [7, 11) is 0. The van der Waals surface area contributed by atoms with E-state index in [0.717, 1.165) is 23.4 Å². The molecule has 2 aromatic carbocycles. The molecule has 2 amide bonds. The number of anilines is 1. The van der Waals surface area contributed by atoms with Gasteiger partial charge in [0, 0.05) is 38.0 Å². The zero-order valence-corrected chi connectivity index (χ0v) is 15.6. The number of oxime groups is 1. The van der Waals surface area contributed by atoms with E-state index in [-0.39, 0.29) is 5.69 Å². The predicted molar refractivity (Wildman–Crippen MR) is 103 cm³/mol. The molecule has 1 fully saturated rings. The van der Waals surface area contributed by atoms with Crippen LogP contribution in [0, 0.1) is 0 Å². The Morgan fingerprint density at radius 1 is 1.07 bits per heavy atom. The van der Waals surface area contributed by atoms with Crippen LogP contribution < -0.4 is 5.32 Å². The summed E-state index contributed by atoms with van der Waals surface area (Å²) in [5, 5.41) is 6.80. The van der Waals surface area contributed by atoms with E-state index in [1.807, 2.05) is 30.3 Å². The van der Waals surface area contributed by atoms with Crippen molar-refractivity contribution in [2.75, 3.05) is 18.4 Å². The van der Waals surface area contributed by atoms with Crippen molar-refractivity contribution in [1.82, 2.24) is 4.90 Å². The van der Waals surface area contributed by atoms with Crippen molar-refractivity contribution in [2.24, 2.45) is 5.16 Å². The summed E-state index contributed by atoms with van der Waals surface area (Å²) >= 11 is 0. The lowest BCUT2D eigenvalue weighted by Gasteiger charge is -2.37. The van der Waals surface area contributed by atoms with Crippen LogP contribution >= 0.6 is 0 Å². The van der Waals surface area contributed by atoms with Gasteiger partial charge in [-0.2, -0.15) is 13.2 Å². The average molecular weight is 403 g/mol. The topological polar surface area (TPSA) is 53.9 Å². The molecule has 0 unspecified atom stereocenters. The number of nitrogens with one attached hydrogen (secondary N) is 1. The molecule has 0 aromatic heterocycles. The number of carbonyl (C=O) groups excluding carboxylic acids is 1. The van der Waals surface area contributed by atoms with E-state index in [9.17, 15) is 18.0 Å². The first-order chi connectivity index (χ1) is 13.8. The van der Waals surface area contributed by atoms with Gasteiger partial charge in [-0.1, -0.05) is 41.6 Å². The highest BCUT2D eigenvalue weighted by molar-refractivity contribution is 6.01. The number of rotatable bonds is 2. The Labute approximate surface area is 166 Å². The number of piperidine rings is 1. The molecule has 2 aromatic rings. The number of nitrogens with zero attached hydrogens (tertiary/aromatic N) is 2. The van der Waals surface area contributed by atoms with Crippen molar-refractivity contribution in [3.8, 4) is 0 Å². The Kier molecular flexibility index (Phi) is 4.94. The van der Waals surface area contributed by atoms with Crippen molar-refractivity contribution >= 4 is 17.4 Å². The second-order valence-electron chi connectivity index (χ2n) is 7.35. The van der Waals surface area contributed by atoms with Gasteiger partial charge in [-0.25, -0.2) is 4.79 Å². The summed E-state index contributed by atoms with van der Waals surface area (Å²) in [6.45, 7) is 0.894. The number of amides is 2. The minimum atomic E-state index is -4.45. The number of alkyl halides is 3. The smallest absolute Gasteiger partial charge is 0.388 e. The number of halogens is 3. The number of hydrogen-bond donors (Lipinski definition) is 1. The second-order valence-corrected chi connectivity index (χ2v) is 7.35. The van der Waals surface area contributed by atoms with Gasteiger partial charge in [-0.3, -0.25) is 0 Å². The van der Waals surface area contributed by atoms with Crippen LogP contribution in [0.25, 0.3) is 0 Å². The van der Waals surface area contributed by atoms with Gasteiger partial charge >= 0.3 is 12.2 Å². The third-order valence-corrected chi connectivity index (χ3v) is 5.35. The fourth-order valence-corrected chi connectivity index (χ4v) is 3.67. The molecule has 2 aliphatic rings. The first-order valence-electron chi connectivity index (χ1n) is 9.38. The fourth-order valence-electron chi connectivity index (χ4n) is 3.67. The third kappa shape index (κ3) is 4.21. The molecule has 1 saturated heterocycles. The summed E-state index contributed by atoms with van der Waals surface area (Å²) in [5.74, 6) is 0. The van der Waals surface area contributed by atoms with E-state index in [2.05, 4.69) is 10.5 Å². The molecule has 0 aliphatic carbocycles. The summed E-state index contributed by atoms with van der Waals surface area (Å²) < 4.78 is 38.5. The maximum absolute atomic E-state index is 12.8. The molecule has 0 radical (unpaired) electrons. The van der Waals surface area contributed by atoms with E-state index in [1.54, 1.807) is 4.90 Å². The van der Waals surface area contributed by atoms with E-state index in [4.69, 9.17) is 4.84 Å². The summed E-state index contributed by atoms with van der Waals surface area (Å²) in [4.78, 5) is 19.8. The van der Waals surface area contributed by atoms with Gasteiger partial charge in [-0.15, -0.1) is 0 Å². The molecule has 0 atom stereocenters. The van der Waals surface area contributed by atoms with Crippen LogP contribution in [0.3, 0.4) is 0 Å². The predicted octanol–water partition coefficient (Wildman–Crippen LogP) is 4.90. The second kappa shape index (κ2) is 7.42. The van der Waals surface area contributed by atoms with Crippen LogP contribution in [-0.4, -0.2) is 35.3 Å². The highest BCUT2D eigenvalue weighted by Gasteiger charge is 2.43. The molecule has 29 heavy (non-hydrogen) atoms. The Hall–Kier alpha value is -3.03. The van der Waals surface area contributed by atoms with Crippen molar-refractivity contribution in [1.29, 1.82) is 0 Å². The molecule has 1 spiro atoms. The summed E-state index contributed by atoms with van der Waals surface area (Å²) in [6.07, 6.45) is -2.54. The molecule has 0 saturated carbocycles. The Balaban J connectivity index is 1.34. The van der Waals surface area contributed by atoms with Crippen LogP contribution in [0.1, 0.15) is 30.4 Å². The lowest BCUT2D eigenvalue weighted by atomic mass is 9.85. The number of hydrogen-bond acceptors (Lipinski definition) is 3. The lowest BCUT2D eigenvalue weighted by molar-refractivity contribution is -0.137. The van der Waals surface area contributed by atoms with Crippen LogP contribution in [0.5, 0.6) is 0 Å². The van der Waals surface area contributed by atoms with Crippen LogP contribution in [0.4, 0.5) is 23.7 Å². The Bertz CT molecular complexity index is 920. The first kappa shape index (κ1) is 19.3. The van der Waals surface area contributed by atoms with Gasteiger partial charge in [0.1, 0.15) is 5.60 Å². The van der Waals surface area contributed by atoms with E-state index in [0.29, 0.717) is 32.4 Å². The van der Waals surface area contributed by atoms with E-state index in [1.165, 1.54) is 12.1 Å². The normalized spacial score (nSPS) is 18.3. The van der Waals surface area contributed by atoms with Gasteiger partial charge < -0.3 is 15.1 Å². The van der Waals surface area contributed by atoms with Crippen LogP contribution in [-0.2, 0) is 11.0 Å². The first-order valence-corrected chi connectivity index (χ1v) is 9.38. The maximum Gasteiger partial charge on any atom is 0.416 e. The van der Waals surface area contributed by atoms with Crippen molar-refractivity contribution < 1.29 is 22.8 Å². The largest absolute Gasteiger partial charge is 0.416 e.